The zero-order chi connectivity index (χ0) is 27.6. The maximum atomic E-state index is 13.5. The quantitative estimate of drug-likeness (QED) is 0.561. The topological polar surface area (TPSA) is 126 Å². The molecule has 11 nitrogen and oxygen atoms in total. The van der Waals surface area contributed by atoms with E-state index in [2.05, 4.69) is 5.32 Å². The minimum atomic E-state index is -3.68. The summed E-state index contributed by atoms with van der Waals surface area (Å²) in [6.45, 7) is 5.38. The molecule has 13 heteroatoms. The Morgan fingerprint density at radius 2 is 1.69 bits per heavy atom. The van der Waals surface area contributed by atoms with Crippen molar-refractivity contribution >= 4 is 44.3 Å². The molecule has 0 aliphatic carbocycles. The summed E-state index contributed by atoms with van der Waals surface area (Å²) < 4.78 is 37.6. The first-order chi connectivity index (χ1) is 18.8. The summed E-state index contributed by atoms with van der Waals surface area (Å²) >= 11 is 1.29. The van der Waals surface area contributed by atoms with Gasteiger partial charge in [-0.2, -0.15) is 4.31 Å². The SMILES string of the molecule is CCOC(=O)N1CCc2c(sc(NC(=O)c3ccc(S(=O)(=O)N4CCOCC4)cc3)c2C(=O)N2CCCC2)C1. The van der Waals surface area contributed by atoms with Gasteiger partial charge in [-0.1, -0.05) is 0 Å². The average Bonchev–Trinajstić information content (AvgIpc) is 3.61. The zero-order valence-corrected chi connectivity index (χ0v) is 23.4. The van der Waals surface area contributed by atoms with Crippen LogP contribution in [0.2, 0.25) is 0 Å². The smallest absolute Gasteiger partial charge is 0.410 e. The second-order valence-corrected chi connectivity index (χ2v) is 12.6. The number of likely N-dealkylation sites (tertiary alicyclic amines) is 1. The van der Waals surface area contributed by atoms with Crippen LogP contribution >= 0.6 is 11.3 Å². The molecule has 3 aliphatic rings. The highest BCUT2D eigenvalue weighted by molar-refractivity contribution is 7.89. The minimum absolute atomic E-state index is 0.108. The Balaban J connectivity index is 1.38. The van der Waals surface area contributed by atoms with Crippen molar-refractivity contribution in [1.82, 2.24) is 14.1 Å². The summed E-state index contributed by atoms with van der Waals surface area (Å²) in [5.74, 6) is -0.557. The van der Waals surface area contributed by atoms with Crippen molar-refractivity contribution in [2.24, 2.45) is 0 Å². The van der Waals surface area contributed by atoms with Crippen LogP contribution in [-0.2, 0) is 32.5 Å². The number of amides is 3. The number of hydrogen-bond acceptors (Lipinski definition) is 8. The van der Waals surface area contributed by atoms with Crippen LogP contribution in [0.5, 0.6) is 0 Å². The minimum Gasteiger partial charge on any atom is -0.450 e. The Morgan fingerprint density at radius 3 is 2.36 bits per heavy atom. The lowest BCUT2D eigenvalue weighted by Crippen LogP contribution is -2.40. The molecule has 0 bridgehead atoms. The maximum absolute atomic E-state index is 13.5. The summed E-state index contributed by atoms with van der Waals surface area (Å²) in [7, 11) is -3.68. The lowest BCUT2D eigenvalue weighted by Gasteiger charge is -2.26. The van der Waals surface area contributed by atoms with E-state index < -0.39 is 22.0 Å². The molecular formula is C26H32N4O7S2. The first-order valence-electron chi connectivity index (χ1n) is 13.1. The fourth-order valence-electron chi connectivity index (χ4n) is 5.06. The van der Waals surface area contributed by atoms with Gasteiger partial charge in [-0.3, -0.25) is 9.59 Å². The van der Waals surface area contributed by atoms with E-state index in [1.807, 2.05) is 0 Å². The predicted octanol–water partition coefficient (Wildman–Crippen LogP) is 2.77. The largest absolute Gasteiger partial charge is 0.450 e. The van der Waals surface area contributed by atoms with E-state index in [0.717, 1.165) is 23.3 Å². The molecule has 3 aliphatic heterocycles. The zero-order valence-electron chi connectivity index (χ0n) is 21.8. The number of nitrogens with one attached hydrogen (secondary N) is 1. The van der Waals surface area contributed by atoms with Gasteiger partial charge in [-0.25, -0.2) is 13.2 Å². The van der Waals surface area contributed by atoms with E-state index in [1.165, 1.54) is 39.9 Å². The van der Waals surface area contributed by atoms with Gasteiger partial charge in [0.25, 0.3) is 11.8 Å². The molecule has 2 fully saturated rings. The molecule has 0 radical (unpaired) electrons. The Hall–Kier alpha value is -3.00. The number of morpholine rings is 1. The number of rotatable bonds is 6. The fourth-order valence-corrected chi connectivity index (χ4v) is 7.71. The van der Waals surface area contributed by atoms with Crippen LogP contribution in [0.15, 0.2) is 29.2 Å². The molecule has 1 N–H and O–H groups in total. The molecule has 1 aromatic carbocycles. The van der Waals surface area contributed by atoms with Gasteiger partial charge < -0.3 is 24.6 Å². The average molecular weight is 577 g/mol. The number of carbonyl (C=O) groups is 3. The van der Waals surface area contributed by atoms with Crippen molar-refractivity contribution in [3.8, 4) is 0 Å². The highest BCUT2D eigenvalue weighted by Crippen LogP contribution is 2.39. The van der Waals surface area contributed by atoms with Crippen LogP contribution in [0.1, 0.15) is 50.9 Å². The normalized spacial score (nSPS) is 18.1. The van der Waals surface area contributed by atoms with Gasteiger partial charge in [0.2, 0.25) is 10.0 Å². The Morgan fingerprint density at radius 1 is 1.00 bits per heavy atom. The first kappa shape index (κ1) is 27.6. The van der Waals surface area contributed by atoms with Gasteiger partial charge in [0.1, 0.15) is 5.00 Å². The Bertz CT molecular complexity index is 1350. The van der Waals surface area contributed by atoms with E-state index in [1.54, 1.807) is 16.7 Å². The van der Waals surface area contributed by atoms with Crippen LogP contribution < -0.4 is 5.32 Å². The van der Waals surface area contributed by atoms with Crippen LogP contribution in [0.3, 0.4) is 0 Å². The van der Waals surface area contributed by atoms with Crippen LogP contribution in [-0.4, -0.2) is 93.0 Å². The number of benzene rings is 1. The number of hydrogen-bond donors (Lipinski definition) is 1. The van der Waals surface area contributed by atoms with E-state index >= 15 is 0 Å². The molecule has 0 atom stereocenters. The number of fused-ring (bicyclic) bond motifs is 1. The highest BCUT2D eigenvalue weighted by atomic mass is 32.2. The standard InChI is InChI=1S/C26H32N4O7S2/c1-2-37-26(33)29-12-9-20-21(17-29)38-24(22(20)25(32)28-10-3-4-11-28)27-23(31)18-5-7-19(8-6-18)39(34,35)30-13-15-36-16-14-30/h5-8H,2-4,9-17H2,1H3,(H,27,31). The highest BCUT2D eigenvalue weighted by Gasteiger charge is 2.33. The van der Waals surface area contributed by atoms with Gasteiger partial charge in [0.15, 0.2) is 0 Å². The van der Waals surface area contributed by atoms with Crippen molar-refractivity contribution < 1.29 is 32.3 Å². The van der Waals surface area contributed by atoms with Crippen LogP contribution in [0.25, 0.3) is 0 Å². The number of anilines is 1. The third-order valence-electron chi connectivity index (χ3n) is 7.14. The van der Waals surface area contributed by atoms with Crippen LogP contribution in [0.4, 0.5) is 9.80 Å². The second-order valence-electron chi connectivity index (χ2n) is 9.57. The Kier molecular flexibility index (Phi) is 8.21. The fraction of sp³-hybridized carbons (Fsp3) is 0.500. The molecule has 2 saturated heterocycles. The third-order valence-corrected chi connectivity index (χ3v) is 10.2. The molecule has 0 spiro atoms. The van der Waals surface area contributed by atoms with Gasteiger partial charge in [-0.15, -0.1) is 11.3 Å². The molecule has 3 amide bonds. The summed E-state index contributed by atoms with van der Waals surface area (Å²) in [4.78, 5) is 43.5. The van der Waals surface area contributed by atoms with Crippen molar-refractivity contribution in [3.63, 3.8) is 0 Å². The molecule has 2 aromatic rings. The van der Waals surface area contributed by atoms with E-state index in [-0.39, 0.29) is 36.1 Å². The van der Waals surface area contributed by atoms with Gasteiger partial charge in [0, 0.05) is 43.2 Å². The third kappa shape index (κ3) is 5.67. The van der Waals surface area contributed by atoms with Gasteiger partial charge in [-0.05, 0) is 56.0 Å². The maximum Gasteiger partial charge on any atom is 0.410 e. The monoisotopic (exact) mass is 576 g/mol. The van der Waals surface area contributed by atoms with E-state index in [9.17, 15) is 22.8 Å². The number of carbonyl (C=O) groups excluding carboxylic acids is 3. The summed E-state index contributed by atoms with van der Waals surface area (Å²) in [5, 5.41) is 3.34. The van der Waals surface area contributed by atoms with E-state index in [4.69, 9.17) is 9.47 Å². The first-order valence-corrected chi connectivity index (χ1v) is 15.4. The molecule has 210 valence electrons. The number of sulfonamides is 1. The van der Waals surface area contributed by atoms with E-state index in [0.29, 0.717) is 56.4 Å². The van der Waals surface area contributed by atoms with Crippen LogP contribution in [0, 0.1) is 0 Å². The summed E-state index contributed by atoms with van der Waals surface area (Å²) in [6.07, 6.45) is 1.97. The van der Waals surface area contributed by atoms with Gasteiger partial charge in [0.05, 0.1) is 36.8 Å². The Labute approximate surface area is 231 Å². The van der Waals surface area contributed by atoms with Gasteiger partial charge >= 0.3 is 6.09 Å². The molecule has 39 heavy (non-hydrogen) atoms. The summed E-state index contributed by atoms with van der Waals surface area (Å²) in [5.41, 5.74) is 1.62. The summed E-state index contributed by atoms with van der Waals surface area (Å²) in [6, 6.07) is 5.79. The lowest BCUT2D eigenvalue weighted by molar-refractivity contribution is 0.0730. The lowest BCUT2D eigenvalue weighted by atomic mass is 10.0. The molecule has 5 rings (SSSR count). The van der Waals surface area contributed by atoms with Crippen molar-refractivity contribution in [2.45, 2.75) is 37.6 Å². The number of ether oxygens (including phenoxy) is 2. The number of nitrogens with zero attached hydrogens (tertiary/aromatic N) is 3. The molecule has 0 unspecified atom stereocenters. The molecular weight excluding hydrogens is 544 g/mol. The van der Waals surface area contributed by atoms with Crippen molar-refractivity contribution in [1.29, 1.82) is 0 Å². The molecule has 1 aromatic heterocycles. The van der Waals surface area contributed by atoms with Crippen molar-refractivity contribution in [2.75, 3.05) is 57.9 Å². The molecule has 4 heterocycles. The number of thiophene rings is 1. The molecule has 0 saturated carbocycles. The second kappa shape index (κ2) is 11.6. The predicted molar refractivity (Wildman–Crippen MR) is 145 cm³/mol. The van der Waals surface area contributed by atoms with Crippen molar-refractivity contribution in [3.05, 3.63) is 45.8 Å².